The fourth-order valence-corrected chi connectivity index (χ4v) is 5.74. The molecule has 1 unspecified atom stereocenters. The van der Waals surface area contributed by atoms with Crippen LogP contribution >= 0.6 is 6.72 Å². The summed E-state index contributed by atoms with van der Waals surface area (Å²) in [5.74, 6) is -0.278. The van der Waals surface area contributed by atoms with Gasteiger partial charge in [-0.15, -0.1) is 5.10 Å². The van der Waals surface area contributed by atoms with Gasteiger partial charge in [0.2, 0.25) is 11.8 Å². The summed E-state index contributed by atoms with van der Waals surface area (Å²) in [6.45, 7) is 0.0491. The minimum atomic E-state index is -3.23. The number of rotatable bonds is 15. The summed E-state index contributed by atoms with van der Waals surface area (Å²) in [7, 11) is 0.989. The largest absolute Gasteiger partial charge is 0.433 e. The highest BCUT2D eigenvalue weighted by Crippen LogP contribution is 2.44. The minimum Gasteiger partial charge on any atom is -0.433 e. The maximum Gasteiger partial charge on any atom is 0.377 e. The number of benzene rings is 2. The SMILES string of the molecule is CBC/C=C\OP(O)(=S)OCCCCCCNC(=O)CCC(=O)N1Cc2ccccc2-c2nn[nH]c2-c2ccccc21. The van der Waals surface area contributed by atoms with Gasteiger partial charge in [0, 0.05) is 42.3 Å². The van der Waals surface area contributed by atoms with E-state index in [1.54, 1.807) is 4.90 Å². The second-order valence-electron chi connectivity index (χ2n) is 10.0. The normalized spacial score (nSPS) is 13.7. The lowest BCUT2D eigenvalue weighted by Gasteiger charge is -2.28. The van der Waals surface area contributed by atoms with Crippen molar-refractivity contribution < 1.29 is 23.5 Å². The van der Waals surface area contributed by atoms with E-state index < -0.39 is 6.72 Å². The number of nitrogens with one attached hydrogen (secondary N) is 2. The summed E-state index contributed by atoms with van der Waals surface area (Å²) in [4.78, 5) is 37.7. The number of anilines is 1. The van der Waals surface area contributed by atoms with Gasteiger partial charge in [0.05, 0.1) is 30.8 Å². The standard InChI is InChI=1S/C29H37BN5O5PS/c1-30-17-10-20-40-41(38,42)39-19-9-3-2-8-18-31-26(36)15-16-27(37)35-21-22-11-4-5-12-23(22)28-29(33-34-32-28)24-13-6-7-14-25(24)35/h4-7,10-14,20,30H,2-3,8-9,15-19,21H2,1H3,(H,31,36)(H,38,42)(H,32,33,34)/b20-10-. The predicted octanol–water partition coefficient (Wildman–Crippen LogP) is 5.11. The van der Waals surface area contributed by atoms with E-state index in [1.807, 2.05) is 54.6 Å². The van der Waals surface area contributed by atoms with Gasteiger partial charge in [-0.05, 0) is 24.5 Å². The van der Waals surface area contributed by atoms with Crippen LogP contribution in [0.3, 0.4) is 0 Å². The van der Waals surface area contributed by atoms with Crippen LogP contribution in [0.4, 0.5) is 5.69 Å². The average molecular weight is 609 g/mol. The van der Waals surface area contributed by atoms with E-state index in [2.05, 4.69) is 27.6 Å². The number of para-hydroxylation sites is 1. The maximum atomic E-state index is 13.5. The van der Waals surface area contributed by atoms with Gasteiger partial charge in [0.15, 0.2) is 0 Å². The number of H-pyrrole nitrogens is 1. The molecule has 3 N–H and O–H groups in total. The van der Waals surface area contributed by atoms with Crippen LogP contribution in [-0.4, -0.2) is 52.5 Å². The number of hydrogen-bond donors (Lipinski definition) is 3. The van der Waals surface area contributed by atoms with Crippen LogP contribution in [0, 0.1) is 0 Å². The Morgan fingerprint density at radius 1 is 1.12 bits per heavy atom. The number of amides is 2. The second kappa shape index (κ2) is 15.8. The first kappa shape index (κ1) is 31.6. The van der Waals surface area contributed by atoms with E-state index in [1.165, 1.54) is 6.26 Å². The Hall–Kier alpha value is -3.31. The fourth-order valence-electron chi connectivity index (χ4n) is 4.71. The van der Waals surface area contributed by atoms with E-state index in [0.29, 0.717) is 19.7 Å². The zero-order valence-electron chi connectivity index (χ0n) is 23.8. The zero-order chi connectivity index (χ0) is 29.8. The first-order chi connectivity index (χ1) is 20.4. The van der Waals surface area contributed by atoms with Crippen molar-refractivity contribution in [3.05, 3.63) is 66.4 Å². The number of aromatic nitrogens is 3. The van der Waals surface area contributed by atoms with E-state index in [4.69, 9.17) is 20.9 Å². The van der Waals surface area contributed by atoms with Crippen molar-refractivity contribution in [2.75, 3.05) is 18.1 Å². The molecule has 1 aliphatic heterocycles. The van der Waals surface area contributed by atoms with Crippen molar-refractivity contribution in [3.8, 4) is 22.5 Å². The Morgan fingerprint density at radius 3 is 2.71 bits per heavy atom. The Balaban J connectivity index is 1.21. The van der Waals surface area contributed by atoms with E-state index in [9.17, 15) is 14.5 Å². The summed E-state index contributed by atoms with van der Waals surface area (Å²) < 4.78 is 10.5. The van der Waals surface area contributed by atoms with Crippen LogP contribution in [0.25, 0.3) is 22.5 Å². The minimum absolute atomic E-state index is 0.0938. The molecule has 0 saturated carbocycles. The number of hydrogen-bond acceptors (Lipinski definition) is 7. The van der Waals surface area contributed by atoms with Gasteiger partial charge in [0.1, 0.15) is 13.0 Å². The molecule has 3 aromatic rings. The van der Waals surface area contributed by atoms with Crippen LogP contribution in [0.2, 0.25) is 13.1 Å². The van der Waals surface area contributed by atoms with Crippen molar-refractivity contribution in [3.63, 3.8) is 0 Å². The molecular formula is C29H37BN5O5PS. The monoisotopic (exact) mass is 609 g/mol. The van der Waals surface area contributed by atoms with Crippen molar-refractivity contribution in [2.24, 2.45) is 0 Å². The molecule has 0 aliphatic carbocycles. The van der Waals surface area contributed by atoms with Gasteiger partial charge in [-0.3, -0.25) is 19.2 Å². The molecule has 0 saturated heterocycles. The van der Waals surface area contributed by atoms with Gasteiger partial charge >= 0.3 is 6.72 Å². The molecule has 222 valence electrons. The Morgan fingerprint density at radius 2 is 1.88 bits per heavy atom. The first-order valence-corrected chi connectivity index (χ1v) is 16.9. The lowest BCUT2D eigenvalue weighted by atomic mass is 9.78. The van der Waals surface area contributed by atoms with Crippen molar-refractivity contribution in [1.29, 1.82) is 0 Å². The molecular weight excluding hydrogens is 572 g/mol. The van der Waals surface area contributed by atoms with Crippen molar-refractivity contribution in [2.45, 2.75) is 58.2 Å². The van der Waals surface area contributed by atoms with Crippen LogP contribution in [0.1, 0.15) is 44.1 Å². The highest BCUT2D eigenvalue weighted by Gasteiger charge is 2.27. The lowest BCUT2D eigenvalue weighted by molar-refractivity contribution is -0.125. The molecule has 0 spiro atoms. The Kier molecular flexibility index (Phi) is 11.9. The van der Waals surface area contributed by atoms with E-state index in [-0.39, 0.29) is 24.7 Å². The summed E-state index contributed by atoms with van der Waals surface area (Å²) in [6, 6.07) is 15.5. The third-order valence-corrected chi connectivity index (χ3v) is 8.35. The van der Waals surface area contributed by atoms with Crippen LogP contribution in [0.5, 0.6) is 0 Å². The quantitative estimate of drug-likeness (QED) is 0.0939. The molecule has 0 radical (unpaired) electrons. The Bertz CT molecular complexity index is 1430. The Labute approximate surface area is 252 Å². The predicted molar refractivity (Wildman–Crippen MR) is 170 cm³/mol. The second-order valence-corrected chi connectivity index (χ2v) is 12.8. The summed E-state index contributed by atoms with van der Waals surface area (Å²) in [5.41, 5.74) is 4.99. The summed E-state index contributed by atoms with van der Waals surface area (Å²) in [6.07, 6.45) is 7.60. The molecule has 1 atom stereocenters. The molecule has 13 heteroatoms. The number of carbonyl (C=O) groups excluding carboxylic acids is 2. The smallest absolute Gasteiger partial charge is 0.377 e. The third-order valence-electron chi connectivity index (χ3n) is 6.87. The van der Waals surface area contributed by atoms with E-state index in [0.717, 1.165) is 73.0 Å². The van der Waals surface area contributed by atoms with E-state index >= 15 is 0 Å². The summed E-state index contributed by atoms with van der Waals surface area (Å²) in [5, 5.41) is 14.3. The van der Waals surface area contributed by atoms with Gasteiger partial charge in [-0.1, -0.05) is 79.7 Å². The lowest BCUT2D eigenvalue weighted by Crippen LogP contribution is -2.33. The number of allylic oxidation sites excluding steroid dienone is 1. The van der Waals surface area contributed by atoms with Crippen molar-refractivity contribution in [1.82, 2.24) is 20.7 Å². The van der Waals surface area contributed by atoms with Crippen LogP contribution in [0.15, 0.2) is 60.9 Å². The average Bonchev–Trinajstić information content (AvgIpc) is 3.47. The number of fused-ring (bicyclic) bond motifs is 5. The maximum absolute atomic E-state index is 13.5. The molecule has 10 nitrogen and oxygen atoms in total. The molecule has 2 amide bonds. The van der Waals surface area contributed by atoms with Crippen molar-refractivity contribution >= 4 is 43.3 Å². The number of carbonyl (C=O) groups is 2. The zero-order valence-corrected chi connectivity index (χ0v) is 25.5. The number of unbranched alkanes of at least 4 members (excludes halogenated alkanes) is 3. The molecule has 0 fully saturated rings. The molecule has 2 heterocycles. The first-order valence-electron chi connectivity index (χ1n) is 14.4. The highest BCUT2D eigenvalue weighted by atomic mass is 32.5. The van der Waals surface area contributed by atoms with Gasteiger partial charge in [0.25, 0.3) is 0 Å². The molecule has 4 rings (SSSR count). The summed E-state index contributed by atoms with van der Waals surface area (Å²) >= 11 is 4.98. The fraction of sp³-hybridized carbons (Fsp3) is 0.379. The molecule has 0 bridgehead atoms. The molecule has 1 aromatic heterocycles. The number of aromatic amines is 1. The van der Waals surface area contributed by atoms with Gasteiger partial charge in [-0.2, -0.15) is 0 Å². The molecule has 42 heavy (non-hydrogen) atoms. The van der Waals surface area contributed by atoms with Crippen LogP contribution in [-0.2, 0) is 37.0 Å². The number of nitrogens with zero attached hydrogens (tertiary/aromatic N) is 3. The highest BCUT2D eigenvalue weighted by molar-refractivity contribution is 8.07. The van der Waals surface area contributed by atoms with Gasteiger partial charge in [-0.25, -0.2) is 0 Å². The molecule has 2 aromatic carbocycles. The molecule has 1 aliphatic rings. The van der Waals surface area contributed by atoms with Crippen LogP contribution < -0.4 is 10.2 Å². The topological polar surface area (TPSA) is 130 Å². The third kappa shape index (κ3) is 8.85. The van der Waals surface area contributed by atoms with Gasteiger partial charge < -0.3 is 19.6 Å².